The van der Waals surface area contributed by atoms with Crippen molar-refractivity contribution in [2.75, 3.05) is 61.2 Å². The van der Waals surface area contributed by atoms with Gasteiger partial charge in [-0.25, -0.2) is 4.79 Å². The van der Waals surface area contributed by atoms with Crippen LogP contribution in [0.15, 0.2) is 36.4 Å². The van der Waals surface area contributed by atoms with Crippen molar-refractivity contribution in [3.63, 3.8) is 0 Å². The molecule has 3 rings (SSSR count). The van der Waals surface area contributed by atoms with Gasteiger partial charge in [0.1, 0.15) is 0 Å². The number of nitrogen functional groups attached to an aromatic ring is 1. The molecule has 0 atom stereocenters. The van der Waals surface area contributed by atoms with Crippen LogP contribution in [0.25, 0.3) is 0 Å². The zero-order valence-corrected chi connectivity index (χ0v) is 17.3. The average molecular weight is 401 g/mol. The van der Waals surface area contributed by atoms with Crippen molar-refractivity contribution >= 4 is 40.5 Å². The van der Waals surface area contributed by atoms with Gasteiger partial charge in [0.2, 0.25) is 0 Å². The third-order valence-electron chi connectivity index (χ3n) is 5.14. The van der Waals surface area contributed by atoms with Crippen LogP contribution in [-0.2, 0) is 6.42 Å². The molecule has 0 amide bonds. The van der Waals surface area contributed by atoms with E-state index < -0.39 is 5.97 Å². The molecule has 2 aromatic rings. The Hall–Kier alpha value is -2.38. The van der Waals surface area contributed by atoms with Gasteiger partial charge >= 0.3 is 5.97 Å². The maximum atomic E-state index is 11.6. The van der Waals surface area contributed by atoms with Gasteiger partial charge in [-0.05, 0) is 61.4 Å². The van der Waals surface area contributed by atoms with E-state index >= 15 is 0 Å². The zero-order valence-electron chi connectivity index (χ0n) is 16.4. The standard InChI is InChI=1S/C21H28N4O2S/c1-24-9-11-25(12-10-24)16-5-3-4-15(14-16)23-19-7-6-18(21(26)27)17(20(19)22)8-13-28-2/h3-7,14,23H,8-13,22H2,1-2H3,(H,26,27). The SMILES string of the molecule is CSCCc1c(C(=O)O)ccc(Nc2cccc(N3CCN(C)CC3)c2)c1N. The lowest BCUT2D eigenvalue weighted by molar-refractivity contribution is 0.0696. The lowest BCUT2D eigenvalue weighted by atomic mass is 10.0. The molecule has 28 heavy (non-hydrogen) atoms. The third-order valence-corrected chi connectivity index (χ3v) is 5.75. The number of anilines is 4. The van der Waals surface area contributed by atoms with Gasteiger partial charge in [-0.2, -0.15) is 11.8 Å². The first kappa shape index (κ1) is 20.4. The van der Waals surface area contributed by atoms with Gasteiger partial charge in [0, 0.05) is 37.6 Å². The van der Waals surface area contributed by atoms with Crippen LogP contribution in [0, 0.1) is 0 Å². The van der Waals surface area contributed by atoms with Gasteiger partial charge < -0.3 is 26.0 Å². The molecule has 0 radical (unpaired) electrons. The van der Waals surface area contributed by atoms with Crippen LogP contribution >= 0.6 is 11.8 Å². The van der Waals surface area contributed by atoms with Gasteiger partial charge in [-0.1, -0.05) is 6.07 Å². The van der Waals surface area contributed by atoms with E-state index in [1.54, 1.807) is 23.9 Å². The number of hydrogen-bond donors (Lipinski definition) is 3. The number of benzene rings is 2. The molecule has 0 bridgehead atoms. The van der Waals surface area contributed by atoms with Crippen molar-refractivity contribution in [2.24, 2.45) is 0 Å². The maximum absolute atomic E-state index is 11.6. The summed E-state index contributed by atoms with van der Waals surface area (Å²) in [5, 5.41) is 12.9. The Bertz CT molecular complexity index is 835. The second-order valence-electron chi connectivity index (χ2n) is 7.07. The summed E-state index contributed by atoms with van der Waals surface area (Å²) in [6.07, 6.45) is 2.63. The smallest absolute Gasteiger partial charge is 0.336 e. The fraction of sp³-hybridized carbons (Fsp3) is 0.381. The van der Waals surface area contributed by atoms with Crippen LogP contribution in [0.1, 0.15) is 15.9 Å². The molecule has 0 unspecified atom stereocenters. The fourth-order valence-electron chi connectivity index (χ4n) is 3.45. The van der Waals surface area contributed by atoms with E-state index in [1.807, 2.05) is 18.4 Å². The molecule has 0 spiro atoms. The molecule has 0 aliphatic carbocycles. The summed E-state index contributed by atoms with van der Waals surface area (Å²) in [5.41, 5.74) is 10.7. The number of carbonyl (C=O) groups is 1. The topological polar surface area (TPSA) is 81.8 Å². The highest BCUT2D eigenvalue weighted by atomic mass is 32.2. The lowest BCUT2D eigenvalue weighted by Crippen LogP contribution is -2.44. The van der Waals surface area contributed by atoms with Crippen LogP contribution < -0.4 is 16.0 Å². The lowest BCUT2D eigenvalue weighted by Gasteiger charge is -2.34. The minimum atomic E-state index is -0.939. The molecule has 2 aromatic carbocycles. The maximum Gasteiger partial charge on any atom is 0.336 e. The Morgan fingerprint density at radius 2 is 1.96 bits per heavy atom. The molecule has 1 aliphatic heterocycles. The number of carboxylic acids is 1. The second-order valence-corrected chi connectivity index (χ2v) is 8.05. The predicted octanol–water partition coefficient (Wildman–Crippen LogP) is 3.37. The number of nitrogens with one attached hydrogen (secondary N) is 1. The summed E-state index contributed by atoms with van der Waals surface area (Å²) in [5.74, 6) is -0.112. The van der Waals surface area contributed by atoms with Gasteiger partial charge in [-0.15, -0.1) is 0 Å². The van der Waals surface area contributed by atoms with Crippen LogP contribution in [-0.4, -0.2) is 61.2 Å². The van der Waals surface area contributed by atoms with Gasteiger partial charge in [0.05, 0.1) is 16.9 Å². The summed E-state index contributed by atoms with van der Waals surface area (Å²) in [7, 11) is 2.15. The number of thioether (sulfide) groups is 1. The molecule has 1 saturated heterocycles. The number of piperazine rings is 1. The Balaban J connectivity index is 1.83. The van der Waals surface area contributed by atoms with E-state index in [9.17, 15) is 9.90 Å². The van der Waals surface area contributed by atoms with Crippen LogP contribution in [0.5, 0.6) is 0 Å². The Morgan fingerprint density at radius 3 is 2.64 bits per heavy atom. The predicted molar refractivity (Wildman–Crippen MR) is 119 cm³/mol. The minimum absolute atomic E-state index is 0.281. The van der Waals surface area contributed by atoms with E-state index in [-0.39, 0.29) is 5.56 Å². The Kier molecular flexibility index (Phi) is 6.70. The number of hydrogen-bond acceptors (Lipinski definition) is 6. The normalized spacial score (nSPS) is 14.9. The third kappa shape index (κ3) is 4.72. The summed E-state index contributed by atoms with van der Waals surface area (Å²) in [4.78, 5) is 16.3. The summed E-state index contributed by atoms with van der Waals surface area (Å²) in [6.45, 7) is 4.13. The van der Waals surface area contributed by atoms with Crippen LogP contribution in [0.2, 0.25) is 0 Å². The molecule has 7 heteroatoms. The molecule has 0 aromatic heterocycles. The average Bonchev–Trinajstić information content (AvgIpc) is 2.69. The monoisotopic (exact) mass is 400 g/mol. The van der Waals surface area contributed by atoms with Crippen molar-refractivity contribution in [2.45, 2.75) is 6.42 Å². The van der Waals surface area contributed by atoms with Crippen molar-refractivity contribution in [1.82, 2.24) is 4.90 Å². The first-order valence-corrected chi connectivity index (χ1v) is 10.8. The van der Waals surface area contributed by atoms with E-state index in [1.165, 1.54) is 5.69 Å². The van der Waals surface area contributed by atoms with Crippen LogP contribution in [0.4, 0.5) is 22.7 Å². The number of likely N-dealkylation sites (N-methyl/N-ethyl adjacent to an activating group) is 1. The van der Waals surface area contributed by atoms with Crippen LogP contribution in [0.3, 0.4) is 0 Å². The number of nitrogens with two attached hydrogens (primary N) is 1. The molecular weight excluding hydrogens is 372 g/mol. The second kappa shape index (κ2) is 9.21. The summed E-state index contributed by atoms with van der Waals surface area (Å²) < 4.78 is 0. The summed E-state index contributed by atoms with van der Waals surface area (Å²) in [6, 6.07) is 11.7. The number of aromatic carboxylic acids is 1. The van der Waals surface area contributed by atoms with Crippen molar-refractivity contribution in [3.05, 3.63) is 47.5 Å². The molecule has 4 N–H and O–H groups in total. The molecule has 6 nitrogen and oxygen atoms in total. The van der Waals surface area contributed by atoms with E-state index in [2.05, 4.69) is 34.3 Å². The first-order valence-electron chi connectivity index (χ1n) is 9.43. The van der Waals surface area contributed by atoms with E-state index in [0.717, 1.165) is 43.3 Å². The number of nitrogens with zero attached hydrogens (tertiary/aromatic N) is 2. The van der Waals surface area contributed by atoms with Crippen molar-refractivity contribution in [1.29, 1.82) is 0 Å². The van der Waals surface area contributed by atoms with Crippen molar-refractivity contribution in [3.8, 4) is 0 Å². The quantitative estimate of drug-likeness (QED) is 0.615. The highest BCUT2D eigenvalue weighted by Gasteiger charge is 2.17. The minimum Gasteiger partial charge on any atom is -0.478 e. The molecule has 1 fully saturated rings. The molecule has 1 heterocycles. The molecule has 150 valence electrons. The fourth-order valence-corrected chi connectivity index (χ4v) is 3.86. The van der Waals surface area contributed by atoms with E-state index in [4.69, 9.17) is 5.73 Å². The largest absolute Gasteiger partial charge is 0.478 e. The number of carboxylic acid groups (broad SMARTS) is 1. The Morgan fingerprint density at radius 1 is 1.21 bits per heavy atom. The highest BCUT2D eigenvalue weighted by Crippen LogP contribution is 2.31. The van der Waals surface area contributed by atoms with Gasteiger partial charge in [0.15, 0.2) is 0 Å². The first-order chi connectivity index (χ1) is 13.5. The Labute approximate surface area is 170 Å². The van der Waals surface area contributed by atoms with Gasteiger partial charge in [0.25, 0.3) is 0 Å². The molecule has 1 aliphatic rings. The summed E-state index contributed by atoms with van der Waals surface area (Å²) >= 11 is 1.68. The van der Waals surface area contributed by atoms with Crippen molar-refractivity contribution < 1.29 is 9.90 Å². The van der Waals surface area contributed by atoms with E-state index in [0.29, 0.717) is 17.7 Å². The zero-order chi connectivity index (χ0) is 20.1. The number of rotatable bonds is 7. The molecular formula is C21H28N4O2S. The van der Waals surface area contributed by atoms with Gasteiger partial charge in [-0.3, -0.25) is 0 Å². The molecule has 0 saturated carbocycles. The highest BCUT2D eigenvalue weighted by molar-refractivity contribution is 7.98.